The zero-order valence-electron chi connectivity index (χ0n) is 11.9. The monoisotopic (exact) mass is 356 g/mol. The van der Waals surface area contributed by atoms with Gasteiger partial charge in [-0.3, -0.25) is 0 Å². The molecule has 124 valence electrons. The Hall–Kier alpha value is -2.48. The van der Waals surface area contributed by atoms with Gasteiger partial charge in [-0.25, -0.2) is 13.8 Å². The fraction of sp³-hybridized carbons (Fsp3) is 0.0625. The van der Waals surface area contributed by atoms with Crippen LogP contribution in [0.3, 0.4) is 0 Å². The van der Waals surface area contributed by atoms with Crippen molar-refractivity contribution in [3.63, 3.8) is 0 Å². The first kappa shape index (κ1) is 16.4. The van der Waals surface area contributed by atoms with Crippen LogP contribution >= 0.6 is 11.3 Å². The maximum Gasteiger partial charge on any atom is 0.416 e. The highest BCUT2D eigenvalue weighted by Crippen LogP contribution is 2.32. The Morgan fingerprint density at radius 1 is 0.958 bits per heavy atom. The van der Waals surface area contributed by atoms with Crippen molar-refractivity contribution in [3.8, 4) is 11.3 Å². The molecule has 0 bridgehead atoms. The van der Waals surface area contributed by atoms with E-state index in [-0.39, 0.29) is 5.69 Å². The predicted molar refractivity (Wildman–Crippen MR) is 82.2 cm³/mol. The van der Waals surface area contributed by atoms with Crippen molar-refractivity contribution in [2.75, 3.05) is 5.32 Å². The molecule has 1 heterocycles. The summed E-state index contributed by atoms with van der Waals surface area (Å²) in [6, 6.07) is 8.09. The topological polar surface area (TPSA) is 24.9 Å². The molecule has 2 aromatic carbocycles. The normalized spacial score (nSPS) is 11.5. The zero-order valence-corrected chi connectivity index (χ0v) is 12.7. The van der Waals surface area contributed by atoms with Gasteiger partial charge in [-0.1, -0.05) is 6.07 Å². The van der Waals surface area contributed by atoms with Crippen molar-refractivity contribution in [2.45, 2.75) is 6.18 Å². The van der Waals surface area contributed by atoms with Crippen LogP contribution in [0, 0.1) is 11.6 Å². The Bertz CT molecular complexity index is 873. The van der Waals surface area contributed by atoms with Crippen LogP contribution in [0.2, 0.25) is 0 Å². The molecule has 24 heavy (non-hydrogen) atoms. The first-order valence-electron chi connectivity index (χ1n) is 6.68. The number of rotatable bonds is 3. The highest BCUT2D eigenvalue weighted by atomic mass is 32.1. The lowest BCUT2D eigenvalue weighted by Crippen LogP contribution is -2.05. The molecule has 0 aliphatic carbocycles. The summed E-state index contributed by atoms with van der Waals surface area (Å²) in [7, 11) is 0. The quantitative estimate of drug-likeness (QED) is 0.596. The van der Waals surface area contributed by atoms with Gasteiger partial charge >= 0.3 is 6.18 Å². The summed E-state index contributed by atoms with van der Waals surface area (Å²) in [4.78, 5) is 4.18. The van der Waals surface area contributed by atoms with Crippen LogP contribution in [-0.4, -0.2) is 4.98 Å². The molecule has 0 saturated carbocycles. The third-order valence-corrected chi connectivity index (χ3v) is 3.92. The van der Waals surface area contributed by atoms with Crippen LogP contribution in [0.15, 0.2) is 47.8 Å². The second-order valence-electron chi connectivity index (χ2n) is 4.87. The molecule has 8 heteroatoms. The second kappa shape index (κ2) is 6.20. The second-order valence-corrected chi connectivity index (χ2v) is 5.73. The third-order valence-electron chi connectivity index (χ3n) is 3.16. The summed E-state index contributed by atoms with van der Waals surface area (Å²) in [5.41, 5.74) is 0.233. The average Bonchev–Trinajstić information content (AvgIpc) is 2.98. The number of benzene rings is 2. The van der Waals surface area contributed by atoms with E-state index in [9.17, 15) is 22.0 Å². The standard InChI is InChI=1S/C16H9F5N2S/c17-12-5-4-9(6-13(12)18)14-8-24-15(23-14)22-11-3-1-2-10(7-11)16(19,20)21/h1-8H,(H,22,23). The van der Waals surface area contributed by atoms with Gasteiger partial charge in [-0.2, -0.15) is 13.2 Å². The van der Waals surface area contributed by atoms with Gasteiger partial charge in [0.25, 0.3) is 0 Å². The van der Waals surface area contributed by atoms with Gasteiger partial charge < -0.3 is 5.32 Å². The molecule has 0 radical (unpaired) electrons. The SMILES string of the molecule is Fc1ccc(-c2csc(Nc3cccc(C(F)(F)F)c3)n2)cc1F. The molecule has 1 aromatic heterocycles. The molecule has 0 atom stereocenters. The minimum atomic E-state index is -4.43. The van der Waals surface area contributed by atoms with Gasteiger partial charge in [-0.15, -0.1) is 11.3 Å². The molecule has 3 rings (SSSR count). The Labute approximate surface area is 137 Å². The minimum Gasteiger partial charge on any atom is -0.332 e. The van der Waals surface area contributed by atoms with Crippen LogP contribution < -0.4 is 5.32 Å². The molecule has 0 aliphatic rings. The van der Waals surface area contributed by atoms with E-state index in [1.54, 1.807) is 5.38 Å². The number of nitrogens with zero attached hydrogens (tertiary/aromatic N) is 1. The largest absolute Gasteiger partial charge is 0.416 e. The molecule has 2 nitrogen and oxygen atoms in total. The zero-order chi connectivity index (χ0) is 17.3. The first-order chi connectivity index (χ1) is 11.3. The molecule has 0 aliphatic heterocycles. The lowest BCUT2D eigenvalue weighted by molar-refractivity contribution is -0.137. The van der Waals surface area contributed by atoms with Crippen LogP contribution in [0.5, 0.6) is 0 Å². The van der Waals surface area contributed by atoms with E-state index < -0.39 is 23.4 Å². The number of anilines is 2. The van der Waals surface area contributed by atoms with Gasteiger partial charge in [-0.05, 0) is 36.4 Å². The number of alkyl halides is 3. The maximum atomic E-state index is 13.3. The Morgan fingerprint density at radius 2 is 1.75 bits per heavy atom. The molecular formula is C16H9F5N2S. The summed E-state index contributed by atoms with van der Waals surface area (Å²) < 4.78 is 64.3. The Morgan fingerprint density at radius 3 is 2.46 bits per heavy atom. The molecule has 1 N–H and O–H groups in total. The number of thiazole rings is 1. The number of hydrogen-bond donors (Lipinski definition) is 1. The molecule has 0 fully saturated rings. The summed E-state index contributed by atoms with van der Waals surface area (Å²) in [6.07, 6.45) is -4.43. The lowest BCUT2D eigenvalue weighted by Gasteiger charge is -2.08. The highest BCUT2D eigenvalue weighted by Gasteiger charge is 2.30. The van der Waals surface area contributed by atoms with Crippen LogP contribution in [-0.2, 0) is 6.18 Å². The van der Waals surface area contributed by atoms with Crippen molar-refractivity contribution in [1.82, 2.24) is 4.98 Å². The van der Waals surface area contributed by atoms with Gasteiger partial charge in [0.05, 0.1) is 11.3 Å². The smallest absolute Gasteiger partial charge is 0.332 e. The predicted octanol–water partition coefficient (Wildman–Crippen LogP) is 5.85. The summed E-state index contributed by atoms with van der Waals surface area (Å²) in [5.74, 6) is -1.95. The van der Waals surface area contributed by atoms with Gasteiger partial charge in [0.1, 0.15) is 0 Å². The van der Waals surface area contributed by atoms with Crippen LogP contribution in [0.25, 0.3) is 11.3 Å². The van der Waals surface area contributed by atoms with Crippen LogP contribution in [0.4, 0.5) is 32.8 Å². The van der Waals surface area contributed by atoms with E-state index in [2.05, 4.69) is 10.3 Å². The summed E-state index contributed by atoms with van der Waals surface area (Å²) in [6.45, 7) is 0. The van der Waals surface area contributed by atoms with Crippen molar-refractivity contribution in [1.29, 1.82) is 0 Å². The fourth-order valence-corrected chi connectivity index (χ4v) is 2.76. The van der Waals surface area contributed by atoms with Crippen LogP contribution in [0.1, 0.15) is 5.56 Å². The van der Waals surface area contributed by atoms with Gasteiger partial charge in [0.15, 0.2) is 16.8 Å². The van der Waals surface area contributed by atoms with Crippen molar-refractivity contribution < 1.29 is 22.0 Å². The highest BCUT2D eigenvalue weighted by molar-refractivity contribution is 7.14. The van der Waals surface area contributed by atoms with E-state index in [1.807, 2.05) is 0 Å². The third kappa shape index (κ3) is 3.53. The fourth-order valence-electron chi connectivity index (χ4n) is 2.02. The molecule has 0 unspecified atom stereocenters. The van der Waals surface area contributed by atoms with E-state index in [4.69, 9.17) is 0 Å². The maximum absolute atomic E-state index is 13.3. The van der Waals surface area contributed by atoms with Gasteiger partial charge in [0.2, 0.25) is 0 Å². The first-order valence-corrected chi connectivity index (χ1v) is 7.56. The lowest BCUT2D eigenvalue weighted by atomic mass is 10.2. The van der Waals surface area contributed by atoms with Gasteiger partial charge in [0, 0.05) is 16.6 Å². The van der Waals surface area contributed by atoms with Crippen molar-refractivity contribution in [3.05, 3.63) is 65.0 Å². The molecule has 0 amide bonds. The van der Waals surface area contributed by atoms with E-state index in [0.29, 0.717) is 16.4 Å². The molecular weight excluding hydrogens is 347 g/mol. The van der Waals surface area contributed by atoms with Crippen molar-refractivity contribution >= 4 is 22.2 Å². The van der Waals surface area contributed by atoms with E-state index in [0.717, 1.165) is 35.6 Å². The summed E-state index contributed by atoms with van der Waals surface area (Å²) >= 11 is 1.14. The minimum absolute atomic E-state index is 0.232. The molecule has 0 saturated heterocycles. The number of hydrogen-bond acceptors (Lipinski definition) is 3. The number of aromatic nitrogens is 1. The molecule has 0 spiro atoms. The number of nitrogens with one attached hydrogen (secondary N) is 1. The van der Waals surface area contributed by atoms with E-state index >= 15 is 0 Å². The van der Waals surface area contributed by atoms with E-state index in [1.165, 1.54) is 18.2 Å². The Balaban J connectivity index is 1.83. The Kier molecular flexibility index (Phi) is 4.23. The average molecular weight is 356 g/mol. The number of halogens is 5. The summed E-state index contributed by atoms with van der Waals surface area (Å²) in [5, 5.41) is 4.71. The molecule has 3 aromatic rings. The van der Waals surface area contributed by atoms with Crippen molar-refractivity contribution in [2.24, 2.45) is 0 Å².